The third-order valence-electron chi connectivity index (χ3n) is 4.59. The summed E-state index contributed by atoms with van der Waals surface area (Å²) in [7, 11) is 0. The van der Waals surface area contributed by atoms with Crippen molar-refractivity contribution < 1.29 is 4.92 Å². The maximum absolute atomic E-state index is 10.9. The van der Waals surface area contributed by atoms with Crippen LogP contribution >= 0.6 is 0 Å². The highest BCUT2D eigenvalue weighted by Gasteiger charge is 2.21. The summed E-state index contributed by atoms with van der Waals surface area (Å²) in [4.78, 5) is 12.8. The minimum atomic E-state index is -0.335. The molecule has 27 heavy (non-hydrogen) atoms. The number of benzene rings is 2. The summed E-state index contributed by atoms with van der Waals surface area (Å²) in [5.41, 5.74) is 6.60. The summed E-state index contributed by atoms with van der Waals surface area (Å²) in [5.74, 6) is 0. The molecule has 2 heterocycles. The summed E-state index contributed by atoms with van der Waals surface area (Å²) in [5, 5.41) is 18.1. The van der Waals surface area contributed by atoms with Gasteiger partial charge < -0.3 is 4.90 Å². The van der Waals surface area contributed by atoms with Gasteiger partial charge in [0.15, 0.2) is 0 Å². The van der Waals surface area contributed by atoms with Crippen LogP contribution in [0.5, 0.6) is 0 Å². The second kappa shape index (κ2) is 8.03. The van der Waals surface area contributed by atoms with Gasteiger partial charge in [-0.3, -0.25) is 15.2 Å². The van der Waals surface area contributed by atoms with Gasteiger partial charge in [-0.2, -0.15) is 5.10 Å². The lowest BCUT2D eigenvalue weighted by atomic mass is 10.1. The van der Waals surface area contributed by atoms with Crippen LogP contribution < -0.4 is 4.90 Å². The monoisotopic (exact) mass is 364 g/mol. The zero-order chi connectivity index (χ0) is 19.4. The van der Waals surface area contributed by atoms with E-state index in [1.54, 1.807) is 12.1 Å². The fourth-order valence-corrected chi connectivity index (χ4v) is 3.30. The number of fused-ring (bicyclic) bond motifs is 1. The van der Waals surface area contributed by atoms with Gasteiger partial charge in [-0.25, -0.2) is 0 Å². The summed E-state index contributed by atoms with van der Waals surface area (Å²) in [6, 6.07) is 15.6. The number of nitro groups is 1. The predicted molar refractivity (Wildman–Crippen MR) is 108 cm³/mol. The highest BCUT2D eigenvalue weighted by atomic mass is 16.6. The highest BCUT2D eigenvalue weighted by molar-refractivity contribution is 5.63. The van der Waals surface area contributed by atoms with Crippen LogP contribution in [0.4, 0.5) is 11.4 Å². The molecular formula is C21H24N4O2. The number of H-pyrrole nitrogens is 1. The first-order chi connectivity index (χ1) is 13.1. The summed E-state index contributed by atoms with van der Waals surface area (Å²) >= 11 is 0. The zero-order valence-corrected chi connectivity index (χ0v) is 15.9. The summed E-state index contributed by atoms with van der Waals surface area (Å²) in [6.45, 7) is 7.67. The normalized spacial score (nSPS) is 12.3. The van der Waals surface area contributed by atoms with Crippen molar-refractivity contribution in [3.63, 3.8) is 0 Å². The Morgan fingerprint density at radius 3 is 2.52 bits per heavy atom. The van der Waals surface area contributed by atoms with Gasteiger partial charge in [-0.05, 0) is 36.6 Å². The predicted octanol–water partition coefficient (Wildman–Crippen LogP) is 4.88. The maximum Gasteiger partial charge on any atom is 0.269 e. The molecule has 4 rings (SSSR count). The van der Waals surface area contributed by atoms with Crippen molar-refractivity contribution >= 4 is 11.4 Å². The Bertz CT molecular complexity index is 932. The SMILES string of the molecule is CC.Cc1cc(-c2ccc(CN3CCc4cc([N+](=O)[O-])ccc43)cc2)n[nH]1. The van der Waals surface area contributed by atoms with Crippen LogP contribution in [0.15, 0.2) is 48.5 Å². The van der Waals surface area contributed by atoms with Crippen LogP contribution in [0.2, 0.25) is 0 Å². The summed E-state index contributed by atoms with van der Waals surface area (Å²) < 4.78 is 0. The molecular weight excluding hydrogens is 340 g/mol. The van der Waals surface area contributed by atoms with E-state index in [-0.39, 0.29) is 10.6 Å². The molecule has 0 radical (unpaired) electrons. The van der Waals surface area contributed by atoms with E-state index in [9.17, 15) is 10.1 Å². The van der Waals surface area contributed by atoms with E-state index >= 15 is 0 Å². The first kappa shape index (κ1) is 18.6. The third-order valence-corrected chi connectivity index (χ3v) is 4.59. The molecule has 6 heteroatoms. The molecule has 1 N–H and O–H groups in total. The van der Waals surface area contributed by atoms with Crippen molar-refractivity contribution in [3.8, 4) is 11.3 Å². The number of anilines is 1. The lowest BCUT2D eigenvalue weighted by Crippen LogP contribution is -2.19. The van der Waals surface area contributed by atoms with Crippen LogP contribution in [0.3, 0.4) is 0 Å². The topological polar surface area (TPSA) is 75.1 Å². The molecule has 2 aromatic carbocycles. The van der Waals surface area contributed by atoms with E-state index in [4.69, 9.17) is 0 Å². The number of non-ortho nitro benzene ring substituents is 1. The lowest BCUT2D eigenvalue weighted by Gasteiger charge is -2.19. The maximum atomic E-state index is 10.9. The minimum absolute atomic E-state index is 0.166. The zero-order valence-electron chi connectivity index (χ0n) is 15.9. The van der Waals surface area contributed by atoms with Crippen molar-refractivity contribution in [2.24, 2.45) is 0 Å². The van der Waals surface area contributed by atoms with Gasteiger partial charge in [0.1, 0.15) is 0 Å². The van der Waals surface area contributed by atoms with Gasteiger partial charge in [0.05, 0.1) is 10.6 Å². The largest absolute Gasteiger partial charge is 0.367 e. The number of hydrogen-bond donors (Lipinski definition) is 1. The molecule has 1 aliphatic rings. The second-order valence-corrected chi connectivity index (χ2v) is 6.37. The van der Waals surface area contributed by atoms with Crippen LogP contribution in [0, 0.1) is 17.0 Å². The van der Waals surface area contributed by atoms with Crippen molar-refractivity contribution in [1.82, 2.24) is 10.2 Å². The molecule has 6 nitrogen and oxygen atoms in total. The molecule has 0 atom stereocenters. The number of nitro benzene ring substituents is 1. The van der Waals surface area contributed by atoms with E-state index in [2.05, 4.69) is 39.4 Å². The molecule has 0 amide bonds. The van der Waals surface area contributed by atoms with Gasteiger partial charge in [0.2, 0.25) is 0 Å². The number of rotatable bonds is 4. The molecule has 1 aliphatic heterocycles. The van der Waals surface area contributed by atoms with E-state index in [1.165, 1.54) is 5.56 Å². The first-order valence-electron chi connectivity index (χ1n) is 9.24. The average molecular weight is 364 g/mol. The molecule has 0 saturated heterocycles. The number of aromatic amines is 1. The number of hydrogen-bond acceptors (Lipinski definition) is 4. The van der Waals surface area contributed by atoms with Crippen LogP contribution in [0.1, 0.15) is 30.7 Å². The van der Waals surface area contributed by atoms with Crippen molar-refractivity contribution in [2.45, 2.75) is 33.7 Å². The quantitative estimate of drug-likeness (QED) is 0.529. The number of nitrogens with zero attached hydrogens (tertiary/aromatic N) is 3. The van der Waals surface area contributed by atoms with Gasteiger partial charge in [0.25, 0.3) is 5.69 Å². The Kier molecular flexibility index (Phi) is 5.54. The Labute approximate surface area is 159 Å². The lowest BCUT2D eigenvalue weighted by molar-refractivity contribution is -0.384. The Morgan fingerprint density at radius 1 is 1.15 bits per heavy atom. The van der Waals surface area contributed by atoms with Crippen LogP contribution in [-0.4, -0.2) is 21.7 Å². The fraction of sp³-hybridized carbons (Fsp3) is 0.286. The minimum Gasteiger partial charge on any atom is -0.367 e. The Balaban J connectivity index is 0.00000102. The molecule has 1 aromatic heterocycles. The molecule has 0 fully saturated rings. The van der Waals surface area contributed by atoms with Gasteiger partial charge >= 0.3 is 0 Å². The molecule has 0 spiro atoms. The molecule has 140 valence electrons. The molecule has 0 saturated carbocycles. The fourth-order valence-electron chi connectivity index (χ4n) is 3.30. The highest BCUT2D eigenvalue weighted by Crippen LogP contribution is 2.32. The number of aryl methyl sites for hydroxylation is 1. The molecule has 3 aromatic rings. The van der Waals surface area contributed by atoms with Crippen LogP contribution in [-0.2, 0) is 13.0 Å². The van der Waals surface area contributed by atoms with Gasteiger partial charge in [0, 0.05) is 42.2 Å². The van der Waals surface area contributed by atoms with E-state index < -0.39 is 0 Å². The van der Waals surface area contributed by atoms with Crippen molar-refractivity contribution in [3.05, 3.63) is 75.5 Å². The Morgan fingerprint density at radius 2 is 1.89 bits per heavy atom. The Hall–Kier alpha value is -3.15. The third kappa shape index (κ3) is 4.00. The first-order valence-corrected chi connectivity index (χ1v) is 9.24. The van der Waals surface area contributed by atoms with Crippen molar-refractivity contribution in [2.75, 3.05) is 11.4 Å². The van der Waals surface area contributed by atoms with Crippen LogP contribution in [0.25, 0.3) is 11.3 Å². The van der Waals surface area contributed by atoms with E-state index in [0.717, 1.165) is 47.7 Å². The smallest absolute Gasteiger partial charge is 0.269 e. The average Bonchev–Trinajstić information content (AvgIpc) is 3.30. The number of nitrogens with one attached hydrogen (secondary N) is 1. The summed E-state index contributed by atoms with van der Waals surface area (Å²) in [6.07, 6.45) is 0.849. The van der Waals surface area contributed by atoms with Gasteiger partial charge in [-0.1, -0.05) is 38.1 Å². The van der Waals surface area contributed by atoms with E-state index in [1.807, 2.05) is 32.9 Å². The van der Waals surface area contributed by atoms with E-state index in [0.29, 0.717) is 0 Å². The molecule has 0 bridgehead atoms. The second-order valence-electron chi connectivity index (χ2n) is 6.37. The standard InChI is InChI=1S/C19H18N4O2.C2H6/c1-13-10-18(21-20-13)15-4-2-14(3-5-15)12-22-9-8-16-11-17(23(24)25)6-7-19(16)22;1-2/h2-7,10-11H,8-9,12H2,1H3,(H,20,21);1-2H3. The van der Waals surface area contributed by atoms with Crippen molar-refractivity contribution in [1.29, 1.82) is 0 Å². The molecule has 0 aliphatic carbocycles. The molecule has 0 unspecified atom stereocenters. The van der Waals surface area contributed by atoms with Gasteiger partial charge in [-0.15, -0.1) is 0 Å². The number of aromatic nitrogens is 2.